The van der Waals surface area contributed by atoms with Crippen LogP contribution in [-0.2, 0) is 4.79 Å². The molecule has 1 unspecified atom stereocenters. The molecule has 1 heterocycles. The van der Waals surface area contributed by atoms with Crippen molar-refractivity contribution in [3.05, 3.63) is 74.8 Å². The molecule has 2 aromatic carbocycles. The number of benzene rings is 2. The Morgan fingerprint density at radius 2 is 1.85 bits per heavy atom. The number of carbonyl (C=O) groups excluding carboxylic acids is 1. The van der Waals surface area contributed by atoms with Gasteiger partial charge in [0.25, 0.3) is 11.6 Å². The molecule has 1 aliphatic heterocycles. The molecule has 0 saturated heterocycles. The number of hydrogen-bond donors (Lipinski definition) is 2. The molecule has 1 atom stereocenters. The van der Waals surface area contributed by atoms with E-state index in [9.17, 15) is 20.2 Å². The minimum Gasteiger partial charge on any atom is -0.497 e. The fraction of sp³-hybridized carbons (Fsp3) is 0.111. The second-order valence-corrected chi connectivity index (χ2v) is 6.03. The van der Waals surface area contributed by atoms with Crippen molar-refractivity contribution in [2.45, 2.75) is 6.17 Å². The van der Waals surface area contributed by atoms with Gasteiger partial charge in [0.15, 0.2) is 0 Å². The quantitative estimate of drug-likeness (QED) is 0.478. The maximum Gasteiger partial charge on any atom is 0.269 e. The van der Waals surface area contributed by atoms with Crippen LogP contribution < -0.4 is 15.0 Å². The van der Waals surface area contributed by atoms with Crippen LogP contribution in [0, 0.1) is 21.4 Å². The second-order valence-electron chi connectivity index (χ2n) is 5.60. The molecule has 0 saturated carbocycles. The number of nitrogens with zero attached hydrogens (tertiary/aromatic N) is 3. The van der Waals surface area contributed by atoms with E-state index >= 15 is 0 Å². The standard InChI is InChI=1S/C18H14N4O4S/c1-26-14-8-6-12(7-9-14)21-16(20-17(23)15(10-19)18(21)27)11-2-4-13(5-3-11)22(24)25/h2-9,16,27H,1H3,(H,20,23). The molecule has 0 spiro atoms. The van der Waals surface area contributed by atoms with Crippen LogP contribution in [0.4, 0.5) is 11.4 Å². The van der Waals surface area contributed by atoms with Gasteiger partial charge in [-0.2, -0.15) is 5.26 Å². The summed E-state index contributed by atoms with van der Waals surface area (Å²) in [4.78, 5) is 24.3. The zero-order valence-corrected chi connectivity index (χ0v) is 15.0. The number of nitro groups is 1. The molecule has 2 aromatic rings. The summed E-state index contributed by atoms with van der Waals surface area (Å²) < 4.78 is 5.15. The lowest BCUT2D eigenvalue weighted by molar-refractivity contribution is -0.384. The molecule has 1 N–H and O–H groups in total. The molecule has 1 amide bonds. The maximum atomic E-state index is 12.3. The van der Waals surface area contributed by atoms with Gasteiger partial charge in [-0.1, -0.05) is 0 Å². The Hall–Kier alpha value is -3.51. The first-order chi connectivity index (χ1) is 13.0. The van der Waals surface area contributed by atoms with Gasteiger partial charge in [-0.05, 0) is 42.0 Å². The summed E-state index contributed by atoms with van der Waals surface area (Å²) in [5.41, 5.74) is 1.09. The van der Waals surface area contributed by atoms with Crippen LogP contribution in [0.15, 0.2) is 59.1 Å². The van der Waals surface area contributed by atoms with E-state index in [2.05, 4.69) is 17.9 Å². The van der Waals surface area contributed by atoms with Crippen LogP contribution in [0.3, 0.4) is 0 Å². The van der Waals surface area contributed by atoms with Crippen molar-refractivity contribution in [3.8, 4) is 11.8 Å². The largest absolute Gasteiger partial charge is 0.497 e. The third kappa shape index (κ3) is 3.43. The highest BCUT2D eigenvalue weighted by molar-refractivity contribution is 7.84. The topological polar surface area (TPSA) is 108 Å². The minimum absolute atomic E-state index is 0.0590. The van der Waals surface area contributed by atoms with E-state index in [1.54, 1.807) is 48.4 Å². The molecule has 9 heteroatoms. The van der Waals surface area contributed by atoms with Gasteiger partial charge >= 0.3 is 0 Å². The lowest BCUT2D eigenvalue weighted by atomic mass is 10.1. The van der Waals surface area contributed by atoms with E-state index < -0.39 is 17.0 Å². The summed E-state index contributed by atoms with van der Waals surface area (Å²) in [5, 5.41) is 23.1. The Morgan fingerprint density at radius 3 is 2.37 bits per heavy atom. The lowest BCUT2D eigenvalue weighted by Crippen LogP contribution is -2.46. The van der Waals surface area contributed by atoms with Gasteiger partial charge in [0.1, 0.15) is 23.6 Å². The molecule has 0 aromatic heterocycles. The highest BCUT2D eigenvalue weighted by Gasteiger charge is 2.34. The number of hydrogen-bond acceptors (Lipinski definition) is 7. The van der Waals surface area contributed by atoms with Crippen LogP contribution in [-0.4, -0.2) is 17.9 Å². The fourth-order valence-corrected chi connectivity index (χ4v) is 3.11. The van der Waals surface area contributed by atoms with Crippen LogP contribution in [0.25, 0.3) is 0 Å². The Labute approximate surface area is 160 Å². The Balaban J connectivity index is 2.09. The first-order valence-electron chi connectivity index (χ1n) is 7.78. The number of ether oxygens (including phenoxy) is 1. The van der Waals surface area contributed by atoms with Crippen molar-refractivity contribution >= 4 is 29.9 Å². The number of nitriles is 1. The Bertz CT molecular complexity index is 964. The van der Waals surface area contributed by atoms with Gasteiger partial charge < -0.3 is 15.0 Å². The summed E-state index contributed by atoms with van der Waals surface area (Å²) in [6, 6.07) is 14.7. The van der Waals surface area contributed by atoms with Crippen LogP contribution >= 0.6 is 12.6 Å². The van der Waals surface area contributed by atoms with Crippen LogP contribution in [0.5, 0.6) is 5.75 Å². The first kappa shape index (κ1) is 18.3. The number of amides is 1. The van der Waals surface area contributed by atoms with E-state index in [-0.39, 0.29) is 16.3 Å². The molecule has 0 bridgehead atoms. The average Bonchev–Trinajstić information content (AvgIpc) is 2.68. The van der Waals surface area contributed by atoms with E-state index in [1.165, 1.54) is 12.1 Å². The Kier molecular flexibility index (Phi) is 5.00. The molecule has 8 nitrogen and oxygen atoms in total. The third-order valence-electron chi connectivity index (χ3n) is 4.09. The van der Waals surface area contributed by atoms with Gasteiger partial charge in [0.05, 0.1) is 17.1 Å². The summed E-state index contributed by atoms with van der Waals surface area (Å²) in [6.45, 7) is 0. The maximum absolute atomic E-state index is 12.3. The molecular formula is C18H14N4O4S. The van der Waals surface area contributed by atoms with Gasteiger partial charge in [-0.15, -0.1) is 12.6 Å². The van der Waals surface area contributed by atoms with Crippen molar-refractivity contribution in [1.82, 2.24) is 5.32 Å². The molecule has 0 aliphatic carbocycles. The summed E-state index contributed by atoms with van der Waals surface area (Å²) in [7, 11) is 1.55. The molecular weight excluding hydrogens is 368 g/mol. The predicted octanol–water partition coefficient (Wildman–Crippen LogP) is 2.90. The number of nitro benzene ring substituents is 1. The third-order valence-corrected chi connectivity index (χ3v) is 4.53. The normalized spacial score (nSPS) is 16.6. The van der Waals surface area contributed by atoms with Crippen molar-refractivity contribution in [3.63, 3.8) is 0 Å². The van der Waals surface area contributed by atoms with Gasteiger partial charge in [0.2, 0.25) is 0 Å². The smallest absolute Gasteiger partial charge is 0.269 e. The van der Waals surface area contributed by atoms with Crippen molar-refractivity contribution in [1.29, 1.82) is 5.26 Å². The van der Waals surface area contributed by atoms with E-state index in [0.717, 1.165) is 0 Å². The molecule has 3 rings (SSSR count). The van der Waals surface area contributed by atoms with Crippen molar-refractivity contribution < 1.29 is 14.5 Å². The molecule has 0 fully saturated rings. The van der Waals surface area contributed by atoms with Crippen molar-refractivity contribution in [2.24, 2.45) is 0 Å². The zero-order chi connectivity index (χ0) is 19.6. The first-order valence-corrected chi connectivity index (χ1v) is 8.23. The zero-order valence-electron chi connectivity index (χ0n) is 14.1. The van der Waals surface area contributed by atoms with Gasteiger partial charge in [0, 0.05) is 17.8 Å². The summed E-state index contributed by atoms with van der Waals surface area (Å²) in [6.07, 6.45) is -0.684. The van der Waals surface area contributed by atoms with Crippen LogP contribution in [0.1, 0.15) is 11.7 Å². The number of carbonyl (C=O) groups is 1. The highest BCUT2D eigenvalue weighted by atomic mass is 32.1. The monoisotopic (exact) mass is 382 g/mol. The second kappa shape index (κ2) is 7.39. The molecule has 136 valence electrons. The Morgan fingerprint density at radius 1 is 1.22 bits per heavy atom. The molecule has 27 heavy (non-hydrogen) atoms. The number of non-ortho nitro benzene ring substituents is 1. The summed E-state index contributed by atoms with van der Waals surface area (Å²) in [5.74, 6) is 0.0903. The lowest BCUT2D eigenvalue weighted by Gasteiger charge is -2.38. The minimum atomic E-state index is -0.684. The number of rotatable bonds is 4. The number of thiol groups is 1. The summed E-state index contributed by atoms with van der Waals surface area (Å²) >= 11 is 4.40. The fourth-order valence-electron chi connectivity index (χ4n) is 2.73. The van der Waals surface area contributed by atoms with Gasteiger partial charge in [-0.3, -0.25) is 14.9 Å². The number of nitrogens with one attached hydrogen (secondary N) is 1. The number of anilines is 1. The molecule has 0 radical (unpaired) electrons. The van der Waals surface area contributed by atoms with E-state index in [0.29, 0.717) is 17.0 Å². The predicted molar refractivity (Wildman–Crippen MR) is 101 cm³/mol. The van der Waals surface area contributed by atoms with E-state index in [4.69, 9.17) is 4.74 Å². The van der Waals surface area contributed by atoms with E-state index in [1.807, 2.05) is 6.07 Å². The van der Waals surface area contributed by atoms with Crippen LogP contribution in [0.2, 0.25) is 0 Å². The highest BCUT2D eigenvalue weighted by Crippen LogP contribution is 2.36. The SMILES string of the molecule is COc1ccc(N2C(S)=C(C#N)C(=O)NC2c2ccc([N+](=O)[O-])cc2)cc1. The van der Waals surface area contributed by atoms with Gasteiger partial charge in [-0.25, -0.2) is 0 Å². The van der Waals surface area contributed by atoms with Crippen molar-refractivity contribution in [2.75, 3.05) is 12.0 Å². The average molecular weight is 382 g/mol. The molecule has 1 aliphatic rings. The number of methoxy groups -OCH3 is 1.